The number of likely N-dealkylation sites (N-methyl/N-ethyl adjacent to an activating group) is 1. The minimum atomic E-state index is -1.11. The van der Waals surface area contributed by atoms with Crippen LogP contribution in [0.2, 0.25) is 0 Å². The summed E-state index contributed by atoms with van der Waals surface area (Å²) in [5.41, 5.74) is 0. The molecule has 0 rings (SSSR count). The predicted molar refractivity (Wildman–Crippen MR) is 48.8 cm³/mol. The molecule has 1 amide bonds. The molecule has 1 unspecified atom stereocenters. The number of hydrogen-bond acceptors (Lipinski definition) is 4. The largest absolute Gasteiger partial charge is 0.358 e. The molecule has 78 valence electrons. The Bertz CT molecular complexity index is 161. The van der Waals surface area contributed by atoms with Crippen molar-refractivity contribution < 1.29 is 14.6 Å². The highest BCUT2D eigenvalue weighted by Crippen LogP contribution is 2.02. The number of methoxy groups -OCH3 is 1. The van der Waals surface area contributed by atoms with E-state index in [1.54, 1.807) is 7.05 Å². The van der Waals surface area contributed by atoms with Gasteiger partial charge in [-0.15, -0.1) is 0 Å². The maximum atomic E-state index is 11.3. The van der Waals surface area contributed by atoms with Crippen LogP contribution in [0.3, 0.4) is 0 Å². The van der Waals surface area contributed by atoms with Gasteiger partial charge in [-0.25, -0.2) is 0 Å². The van der Waals surface area contributed by atoms with E-state index >= 15 is 0 Å². The fourth-order valence-electron chi connectivity index (χ4n) is 0.948. The first-order chi connectivity index (χ1) is 6.02. The molecule has 0 saturated heterocycles. The molecule has 0 aliphatic heterocycles. The first-order valence-corrected chi connectivity index (χ1v) is 4.21. The average molecular weight is 190 g/mol. The minimum absolute atomic E-state index is 0.0877. The monoisotopic (exact) mass is 190 g/mol. The van der Waals surface area contributed by atoms with E-state index in [2.05, 4.69) is 15.4 Å². The lowest BCUT2D eigenvalue weighted by molar-refractivity contribution is -0.134. The lowest BCUT2D eigenvalue weighted by Crippen LogP contribution is -2.50. The topological polar surface area (TPSA) is 70.6 Å². The van der Waals surface area contributed by atoms with E-state index < -0.39 is 12.5 Å². The molecule has 0 heterocycles. The van der Waals surface area contributed by atoms with E-state index in [0.717, 1.165) is 0 Å². The van der Waals surface area contributed by atoms with E-state index in [4.69, 9.17) is 5.11 Å². The van der Waals surface area contributed by atoms with E-state index in [1.165, 1.54) is 7.11 Å². The van der Waals surface area contributed by atoms with Crippen LogP contribution in [-0.4, -0.2) is 37.6 Å². The van der Waals surface area contributed by atoms with Gasteiger partial charge in [0.1, 0.15) is 0 Å². The maximum Gasteiger partial charge on any atom is 0.237 e. The number of aliphatic hydroxyl groups is 1. The fourth-order valence-corrected chi connectivity index (χ4v) is 0.948. The number of rotatable bonds is 5. The zero-order valence-electron chi connectivity index (χ0n) is 8.50. The molecule has 0 aliphatic rings. The lowest BCUT2D eigenvalue weighted by atomic mass is 10.0. The normalized spacial score (nSPS) is 15.5. The SMILES string of the molecule is CNC(=O)[C@@H](NC(O)OC)C(C)C. The third-order valence-electron chi connectivity index (χ3n) is 1.74. The Kier molecular flexibility index (Phi) is 5.61. The van der Waals surface area contributed by atoms with Crippen molar-refractivity contribution in [3.8, 4) is 0 Å². The lowest BCUT2D eigenvalue weighted by Gasteiger charge is -2.23. The minimum Gasteiger partial charge on any atom is -0.358 e. The van der Waals surface area contributed by atoms with Crippen molar-refractivity contribution in [2.24, 2.45) is 5.92 Å². The number of aliphatic hydroxyl groups excluding tert-OH is 1. The number of hydrogen-bond donors (Lipinski definition) is 3. The van der Waals surface area contributed by atoms with E-state index in [1.807, 2.05) is 13.8 Å². The van der Waals surface area contributed by atoms with Crippen LogP contribution < -0.4 is 10.6 Å². The van der Waals surface area contributed by atoms with Crippen LogP contribution in [0.1, 0.15) is 13.8 Å². The Morgan fingerprint density at radius 3 is 2.31 bits per heavy atom. The zero-order chi connectivity index (χ0) is 10.4. The molecule has 5 nitrogen and oxygen atoms in total. The molecule has 0 radical (unpaired) electrons. The standard InChI is InChI=1S/C8H18N2O3/c1-5(2)6(7(11)9-3)10-8(12)13-4/h5-6,8,10,12H,1-4H3,(H,9,11)/t6-,8?/m0/s1. The Morgan fingerprint density at radius 1 is 1.46 bits per heavy atom. The molecule has 0 fully saturated rings. The smallest absolute Gasteiger partial charge is 0.237 e. The molecule has 13 heavy (non-hydrogen) atoms. The van der Waals surface area contributed by atoms with E-state index in [9.17, 15) is 4.79 Å². The Hall–Kier alpha value is -0.650. The van der Waals surface area contributed by atoms with Crippen LogP contribution in [0, 0.1) is 5.92 Å². The van der Waals surface area contributed by atoms with E-state index in [0.29, 0.717) is 0 Å². The van der Waals surface area contributed by atoms with Crippen LogP contribution in [-0.2, 0) is 9.53 Å². The van der Waals surface area contributed by atoms with Crippen LogP contribution in [0.5, 0.6) is 0 Å². The highest BCUT2D eigenvalue weighted by atomic mass is 16.6. The van der Waals surface area contributed by atoms with Crippen LogP contribution >= 0.6 is 0 Å². The van der Waals surface area contributed by atoms with Gasteiger partial charge in [0, 0.05) is 14.2 Å². The van der Waals surface area contributed by atoms with Crippen molar-refractivity contribution >= 4 is 5.91 Å². The summed E-state index contributed by atoms with van der Waals surface area (Å²) in [7, 11) is 2.91. The van der Waals surface area contributed by atoms with Crippen molar-refractivity contribution in [1.82, 2.24) is 10.6 Å². The number of carbonyl (C=O) groups excluding carboxylic acids is 1. The second-order valence-corrected chi connectivity index (χ2v) is 3.09. The summed E-state index contributed by atoms with van der Waals surface area (Å²) in [5, 5.41) is 14.3. The van der Waals surface area contributed by atoms with Gasteiger partial charge >= 0.3 is 0 Å². The number of carbonyl (C=O) groups is 1. The molecule has 0 saturated carbocycles. The van der Waals surface area contributed by atoms with Gasteiger partial charge in [-0.05, 0) is 5.92 Å². The second-order valence-electron chi connectivity index (χ2n) is 3.09. The molecule has 0 aromatic carbocycles. The summed E-state index contributed by atoms with van der Waals surface area (Å²) < 4.78 is 4.59. The summed E-state index contributed by atoms with van der Waals surface area (Å²) in [6.07, 6.45) is -1.11. The molecule has 5 heteroatoms. The van der Waals surface area contributed by atoms with Crippen LogP contribution in [0.25, 0.3) is 0 Å². The average Bonchev–Trinajstić information content (AvgIpc) is 2.11. The highest BCUT2D eigenvalue weighted by molar-refractivity contribution is 5.81. The molecular weight excluding hydrogens is 172 g/mol. The van der Waals surface area contributed by atoms with Gasteiger partial charge in [0.15, 0.2) is 0 Å². The van der Waals surface area contributed by atoms with Crippen LogP contribution in [0.4, 0.5) is 0 Å². The second kappa shape index (κ2) is 5.90. The van der Waals surface area contributed by atoms with Crippen molar-refractivity contribution in [3.05, 3.63) is 0 Å². The number of ether oxygens (including phenoxy) is 1. The Morgan fingerprint density at radius 2 is 2.00 bits per heavy atom. The molecule has 0 spiro atoms. The third-order valence-corrected chi connectivity index (χ3v) is 1.74. The molecular formula is C8H18N2O3. The van der Waals surface area contributed by atoms with Gasteiger partial charge < -0.3 is 15.2 Å². The number of amides is 1. The summed E-state index contributed by atoms with van der Waals surface area (Å²) in [5.74, 6) is -0.0733. The first kappa shape index (κ1) is 12.3. The van der Waals surface area contributed by atoms with Crippen molar-refractivity contribution in [1.29, 1.82) is 0 Å². The van der Waals surface area contributed by atoms with Crippen molar-refractivity contribution in [2.75, 3.05) is 14.2 Å². The maximum absolute atomic E-state index is 11.3. The zero-order valence-corrected chi connectivity index (χ0v) is 8.50. The molecule has 0 aromatic heterocycles. The number of nitrogens with one attached hydrogen (secondary N) is 2. The molecule has 0 aromatic rings. The van der Waals surface area contributed by atoms with E-state index in [-0.39, 0.29) is 11.8 Å². The van der Waals surface area contributed by atoms with Gasteiger partial charge in [-0.2, -0.15) is 0 Å². The van der Waals surface area contributed by atoms with Gasteiger partial charge in [0.25, 0.3) is 0 Å². The molecule has 2 atom stereocenters. The highest BCUT2D eigenvalue weighted by Gasteiger charge is 2.22. The molecule has 0 bridgehead atoms. The van der Waals surface area contributed by atoms with Gasteiger partial charge in [-0.3, -0.25) is 10.1 Å². The summed E-state index contributed by atoms with van der Waals surface area (Å²) in [4.78, 5) is 11.3. The quantitative estimate of drug-likeness (QED) is 0.500. The first-order valence-electron chi connectivity index (χ1n) is 4.21. The summed E-state index contributed by atoms with van der Waals surface area (Å²) in [6.45, 7) is 3.77. The van der Waals surface area contributed by atoms with Crippen molar-refractivity contribution in [3.63, 3.8) is 0 Å². The Balaban J connectivity index is 4.18. The fraction of sp³-hybridized carbons (Fsp3) is 0.875. The van der Waals surface area contributed by atoms with Crippen LogP contribution in [0.15, 0.2) is 0 Å². The van der Waals surface area contributed by atoms with Gasteiger partial charge in [0.05, 0.1) is 6.04 Å². The van der Waals surface area contributed by atoms with Gasteiger partial charge in [-0.1, -0.05) is 13.8 Å². The van der Waals surface area contributed by atoms with Gasteiger partial charge in [0.2, 0.25) is 12.3 Å². The molecule has 3 N–H and O–H groups in total. The Labute approximate surface area is 78.5 Å². The predicted octanol–water partition coefficient (Wildman–Crippen LogP) is -0.731. The third kappa shape index (κ3) is 4.21. The van der Waals surface area contributed by atoms with Crippen molar-refractivity contribution in [2.45, 2.75) is 26.3 Å². The summed E-state index contributed by atoms with van der Waals surface area (Å²) in [6, 6.07) is -0.444. The summed E-state index contributed by atoms with van der Waals surface area (Å²) >= 11 is 0. The molecule has 0 aliphatic carbocycles.